The number of nitrogens with zero attached hydrogens (tertiary/aromatic N) is 1. The number of halogens is 1. The molecule has 0 bridgehead atoms. The molecule has 2 aromatic rings. The molecule has 0 aliphatic carbocycles. The number of hydrogen-bond acceptors (Lipinski definition) is 4. The Kier molecular flexibility index (Phi) is 5.07. The summed E-state index contributed by atoms with van der Waals surface area (Å²) in [5, 5.41) is 16.2. The van der Waals surface area contributed by atoms with Crippen LogP contribution in [0.25, 0.3) is 0 Å². The second-order valence-corrected chi connectivity index (χ2v) is 5.55. The lowest BCUT2D eigenvalue weighted by atomic mass is 10.1. The number of anilines is 2. The first-order valence-electron chi connectivity index (χ1n) is 6.50. The number of rotatable bonds is 4. The van der Waals surface area contributed by atoms with Gasteiger partial charge in [-0.2, -0.15) is 0 Å². The highest BCUT2D eigenvalue weighted by Crippen LogP contribution is 2.25. The van der Waals surface area contributed by atoms with Crippen LogP contribution >= 0.6 is 15.9 Å². The minimum absolute atomic E-state index is 0.0934. The van der Waals surface area contributed by atoms with Crippen LogP contribution in [0.5, 0.6) is 0 Å². The molecule has 0 aromatic heterocycles. The lowest BCUT2D eigenvalue weighted by molar-refractivity contribution is -0.385. The second kappa shape index (κ2) is 7.01. The Morgan fingerprint density at radius 3 is 2.39 bits per heavy atom. The Morgan fingerprint density at radius 2 is 1.78 bits per heavy atom. The van der Waals surface area contributed by atoms with Crippen molar-refractivity contribution in [2.45, 2.75) is 6.92 Å². The summed E-state index contributed by atoms with van der Waals surface area (Å²) >= 11 is 3.28. The first-order chi connectivity index (χ1) is 10.9. The van der Waals surface area contributed by atoms with Crippen LogP contribution in [0.1, 0.15) is 17.3 Å². The molecule has 0 atom stereocenters. The number of nitrogens with one attached hydrogen (secondary N) is 2. The molecule has 0 unspecified atom stereocenters. The van der Waals surface area contributed by atoms with Gasteiger partial charge in [0.15, 0.2) is 0 Å². The maximum Gasteiger partial charge on any atom is 0.284 e. The van der Waals surface area contributed by atoms with E-state index in [1.165, 1.54) is 19.1 Å². The third-order valence-electron chi connectivity index (χ3n) is 2.84. The zero-order chi connectivity index (χ0) is 17.0. The topological polar surface area (TPSA) is 101 Å². The third-order valence-corrected chi connectivity index (χ3v) is 3.34. The van der Waals surface area contributed by atoms with Crippen molar-refractivity contribution in [2.75, 3.05) is 10.6 Å². The molecule has 0 heterocycles. The SMILES string of the molecule is CC(=O)Nc1ccc(C(=O)Nc2cccc(Br)c2)c([N+](=O)[O-])c1. The summed E-state index contributed by atoms with van der Waals surface area (Å²) in [4.78, 5) is 33.8. The van der Waals surface area contributed by atoms with Crippen molar-refractivity contribution < 1.29 is 14.5 Å². The molecule has 0 spiro atoms. The molecule has 0 radical (unpaired) electrons. The van der Waals surface area contributed by atoms with Crippen molar-refractivity contribution in [1.29, 1.82) is 0 Å². The van der Waals surface area contributed by atoms with E-state index in [-0.39, 0.29) is 22.8 Å². The van der Waals surface area contributed by atoms with Gasteiger partial charge in [-0.15, -0.1) is 0 Å². The maximum absolute atomic E-state index is 12.3. The van der Waals surface area contributed by atoms with Crippen molar-refractivity contribution in [2.24, 2.45) is 0 Å². The van der Waals surface area contributed by atoms with Gasteiger partial charge in [-0.25, -0.2) is 0 Å². The van der Waals surface area contributed by atoms with Crippen molar-refractivity contribution >= 4 is 44.8 Å². The van der Waals surface area contributed by atoms with E-state index in [2.05, 4.69) is 26.6 Å². The van der Waals surface area contributed by atoms with Crippen LogP contribution in [0.3, 0.4) is 0 Å². The fraction of sp³-hybridized carbons (Fsp3) is 0.0667. The highest BCUT2D eigenvalue weighted by atomic mass is 79.9. The van der Waals surface area contributed by atoms with E-state index in [1.54, 1.807) is 24.3 Å². The lowest BCUT2D eigenvalue weighted by Gasteiger charge is -2.08. The largest absolute Gasteiger partial charge is 0.326 e. The van der Waals surface area contributed by atoms with E-state index >= 15 is 0 Å². The molecule has 0 aliphatic heterocycles. The molecule has 0 saturated carbocycles. The molecule has 7 nitrogen and oxygen atoms in total. The van der Waals surface area contributed by atoms with E-state index in [4.69, 9.17) is 0 Å². The van der Waals surface area contributed by atoms with Gasteiger partial charge in [0.1, 0.15) is 5.56 Å². The first-order valence-corrected chi connectivity index (χ1v) is 7.29. The predicted molar refractivity (Wildman–Crippen MR) is 89.5 cm³/mol. The third kappa shape index (κ3) is 4.36. The summed E-state index contributed by atoms with van der Waals surface area (Å²) in [5.41, 5.74) is 0.278. The Bertz CT molecular complexity index is 792. The summed E-state index contributed by atoms with van der Waals surface area (Å²) in [6.45, 7) is 1.29. The summed E-state index contributed by atoms with van der Waals surface area (Å²) in [6, 6.07) is 10.8. The zero-order valence-electron chi connectivity index (χ0n) is 12.0. The van der Waals surface area contributed by atoms with Gasteiger partial charge in [-0.05, 0) is 30.3 Å². The van der Waals surface area contributed by atoms with E-state index in [0.29, 0.717) is 5.69 Å². The second-order valence-electron chi connectivity index (χ2n) is 4.63. The Labute approximate surface area is 140 Å². The van der Waals surface area contributed by atoms with Crippen LogP contribution in [0.15, 0.2) is 46.9 Å². The van der Waals surface area contributed by atoms with Gasteiger partial charge in [0.05, 0.1) is 4.92 Å². The van der Waals surface area contributed by atoms with Crippen LogP contribution in [-0.2, 0) is 4.79 Å². The quantitative estimate of drug-likeness (QED) is 0.627. The van der Waals surface area contributed by atoms with E-state index in [9.17, 15) is 19.7 Å². The Morgan fingerprint density at radius 1 is 1.09 bits per heavy atom. The fourth-order valence-electron chi connectivity index (χ4n) is 1.92. The summed E-state index contributed by atoms with van der Waals surface area (Å²) in [6.07, 6.45) is 0. The number of carbonyl (C=O) groups is 2. The van der Waals surface area contributed by atoms with Crippen molar-refractivity contribution in [3.63, 3.8) is 0 Å². The van der Waals surface area contributed by atoms with Crippen LogP contribution < -0.4 is 10.6 Å². The molecular formula is C15H12BrN3O4. The first kappa shape index (κ1) is 16.6. The standard InChI is InChI=1S/C15H12BrN3O4/c1-9(20)17-12-5-6-13(14(8-12)19(22)23)15(21)18-11-4-2-3-10(16)7-11/h2-8H,1H3,(H,17,20)(H,18,21). The van der Waals surface area contributed by atoms with Crippen LogP contribution in [0.2, 0.25) is 0 Å². The van der Waals surface area contributed by atoms with E-state index < -0.39 is 10.8 Å². The monoisotopic (exact) mass is 377 g/mol. The average Bonchev–Trinajstić information content (AvgIpc) is 2.46. The van der Waals surface area contributed by atoms with Gasteiger partial charge in [-0.3, -0.25) is 19.7 Å². The van der Waals surface area contributed by atoms with Crippen LogP contribution in [0.4, 0.5) is 17.1 Å². The van der Waals surface area contributed by atoms with Gasteiger partial charge in [-0.1, -0.05) is 22.0 Å². The summed E-state index contributed by atoms with van der Waals surface area (Å²) < 4.78 is 0.769. The molecule has 0 saturated heterocycles. The lowest BCUT2D eigenvalue weighted by Crippen LogP contribution is -2.14. The molecule has 2 aromatic carbocycles. The van der Waals surface area contributed by atoms with Crippen molar-refractivity contribution in [3.05, 3.63) is 62.6 Å². The smallest absolute Gasteiger partial charge is 0.284 e. The van der Waals surface area contributed by atoms with E-state index in [1.807, 2.05) is 0 Å². The molecule has 2 N–H and O–H groups in total. The normalized spacial score (nSPS) is 10.0. The minimum Gasteiger partial charge on any atom is -0.326 e. The molecule has 0 fully saturated rings. The van der Waals surface area contributed by atoms with Crippen molar-refractivity contribution in [3.8, 4) is 0 Å². The molecule has 8 heteroatoms. The van der Waals surface area contributed by atoms with Gasteiger partial charge >= 0.3 is 0 Å². The van der Waals surface area contributed by atoms with Gasteiger partial charge < -0.3 is 10.6 Å². The molecule has 0 aliphatic rings. The van der Waals surface area contributed by atoms with Gasteiger partial charge in [0.25, 0.3) is 11.6 Å². The van der Waals surface area contributed by atoms with Crippen molar-refractivity contribution in [1.82, 2.24) is 0 Å². The Balaban J connectivity index is 2.32. The highest BCUT2D eigenvalue weighted by molar-refractivity contribution is 9.10. The number of nitro benzene ring substituents is 1. The molecule has 118 valence electrons. The number of amides is 2. The predicted octanol–water partition coefficient (Wildman–Crippen LogP) is 3.57. The molecule has 2 amide bonds. The van der Waals surface area contributed by atoms with Gasteiger partial charge in [0.2, 0.25) is 5.91 Å². The summed E-state index contributed by atoms with van der Waals surface area (Å²) in [5.74, 6) is -0.963. The van der Waals surface area contributed by atoms with E-state index in [0.717, 1.165) is 10.5 Å². The number of hydrogen-bond donors (Lipinski definition) is 2. The Hall–Kier alpha value is -2.74. The fourth-order valence-corrected chi connectivity index (χ4v) is 2.32. The molecular weight excluding hydrogens is 366 g/mol. The van der Waals surface area contributed by atoms with Crippen LogP contribution in [-0.4, -0.2) is 16.7 Å². The number of benzene rings is 2. The molecule has 2 rings (SSSR count). The molecule has 23 heavy (non-hydrogen) atoms. The minimum atomic E-state index is -0.666. The zero-order valence-corrected chi connectivity index (χ0v) is 13.6. The number of nitro groups is 1. The maximum atomic E-state index is 12.3. The van der Waals surface area contributed by atoms with Gasteiger partial charge in [0, 0.05) is 28.8 Å². The number of carbonyl (C=O) groups excluding carboxylic acids is 2. The van der Waals surface area contributed by atoms with Crippen LogP contribution in [0, 0.1) is 10.1 Å². The average molecular weight is 378 g/mol. The highest BCUT2D eigenvalue weighted by Gasteiger charge is 2.21. The summed E-state index contributed by atoms with van der Waals surface area (Å²) in [7, 11) is 0.